The number of hydrogen-bond donors (Lipinski definition) is 0. The molecule has 0 amide bonds. The highest BCUT2D eigenvalue weighted by molar-refractivity contribution is 5.04. The van der Waals surface area contributed by atoms with Crippen LogP contribution in [0.1, 0.15) is 85.0 Å². The summed E-state index contributed by atoms with van der Waals surface area (Å²) in [6, 6.07) is 0. The lowest BCUT2D eigenvalue weighted by Gasteiger charge is -2.57. The molecule has 2 heteroatoms. The molecule has 1 spiro atoms. The summed E-state index contributed by atoms with van der Waals surface area (Å²) in [5, 5.41) is 0. The molecule has 0 bridgehead atoms. The van der Waals surface area contributed by atoms with E-state index in [9.17, 15) is 0 Å². The molecule has 2 nitrogen and oxygen atoms in total. The Bertz CT molecular complexity index is 516. The second-order valence-corrected chi connectivity index (χ2v) is 11.4. The maximum Gasteiger partial charge on any atom is 0.168 e. The summed E-state index contributed by atoms with van der Waals surface area (Å²) in [5.74, 6) is 4.72. The Hall–Kier alpha value is -0.0800. The van der Waals surface area contributed by atoms with Crippen LogP contribution in [-0.4, -0.2) is 19.0 Å². The monoisotopic (exact) mass is 346 g/mol. The van der Waals surface area contributed by atoms with Crippen molar-refractivity contribution in [1.82, 2.24) is 0 Å². The Balaban J connectivity index is 1.30. The van der Waals surface area contributed by atoms with Gasteiger partial charge in [-0.2, -0.15) is 0 Å². The fourth-order valence-electron chi connectivity index (χ4n) is 7.82. The van der Waals surface area contributed by atoms with E-state index in [4.69, 9.17) is 9.47 Å². The number of hydrogen-bond acceptors (Lipinski definition) is 2. The van der Waals surface area contributed by atoms with Crippen molar-refractivity contribution in [2.75, 3.05) is 13.2 Å². The third kappa shape index (κ3) is 2.73. The summed E-state index contributed by atoms with van der Waals surface area (Å²) in [7, 11) is 0. The SMILES string of the molecule is CC1(C)COC2(CC[C@H]3C(CC[C@@H]4[C@@H]3CC[C@]3(C)CCC[C@@H]43)C2)OC1. The maximum atomic E-state index is 6.37. The Morgan fingerprint density at radius 3 is 2.28 bits per heavy atom. The summed E-state index contributed by atoms with van der Waals surface area (Å²) >= 11 is 0. The highest BCUT2D eigenvalue weighted by atomic mass is 16.7. The molecule has 0 aromatic rings. The van der Waals surface area contributed by atoms with Gasteiger partial charge in [0.05, 0.1) is 13.2 Å². The van der Waals surface area contributed by atoms with Gasteiger partial charge in [0, 0.05) is 18.3 Å². The molecule has 1 saturated heterocycles. The van der Waals surface area contributed by atoms with Gasteiger partial charge in [-0.25, -0.2) is 0 Å². The van der Waals surface area contributed by atoms with Crippen LogP contribution in [0.25, 0.3) is 0 Å². The smallest absolute Gasteiger partial charge is 0.168 e. The van der Waals surface area contributed by atoms with Gasteiger partial charge in [0.25, 0.3) is 0 Å². The highest BCUT2D eigenvalue weighted by Crippen LogP contribution is 2.63. The molecule has 0 N–H and O–H groups in total. The number of fused-ring (bicyclic) bond motifs is 5. The van der Waals surface area contributed by atoms with Gasteiger partial charge in [0.15, 0.2) is 5.79 Å². The van der Waals surface area contributed by atoms with Crippen molar-refractivity contribution < 1.29 is 9.47 Å². The average Bonchev–Trinajstić information content (AvgIpc) is 2.99. The minimum atomic E-state index is -0.222. The second-order valence-electron chi connectivity index (χ2n) is 11.4. The van der Waals surface area contributed by atoms with E-state index >= 15 is 0 Å². The van der Waals surface area contributed by atoms with Gasteiger partial charge < -0.3 is 9.47 Å². The van der Waals surface area contributed by atoms with Crippen LogP contribution in [0.15, 0.2) is 0 Å². The first-order valence-electron chi connectivity index (χ1n) is 11.2. The van der Waals surface area contributed by atoms with E-state index in [-0.39, 0.29) is 11.2 Å². The number of rotatable bonds is 0. The van der Waals surface area contributed by atoms with Crippen molar-refractivity contribution in [3.63, 3.8) is 0 Å². The van der Waals surface area contributed by atoms with E-state index < -0.39 is 0 Å². The van der Waals surface area contributed by atoms with Crippen LogP contribution in [0.3, 0.4) is 0 Å². The summed E-state index contributed by atoms with van der Waals surface area (Å²) in [6.45, 7) is 8.89. The molecule has 25 heavy (non-hydrogen) atoms. The first-order valence-corrected chi connectivity index (χ1v) is 11.2. The summed E-state index contributed by atoms with van der Waals surface area (Å²) in [4.78, 5) is 0. The van der Waals surface area contributed by atoms with Crippen LogP contribution >= 0.6 is 0 Å². The highest BCUT2D eigenvalue weighted by Gasteiger charge is 2.56. The minimum Gasteiger partial charge on any atom is -0.349 e. The lowest BCUT2D eigenvalue weighted by atomic mass is 9.50. The lowest BCUT2D eigenvalue weighted by Crippen LogP contribution is -2.54. The Kier molecular flexibility index (Phi) is 3.89. The van der Waals surface area contributed by atoms with E-state index in [0.717, 1.165) is 49.2 Å². The predicted octanol–water partition coefficient (Wildman–Crippen LogP) is 5.80. The van der Waals surface area contributed by atoms with E-state index in [2.05, 4.69) is 20.8 Å². The molecule has 1 unspecified atom stereocenters. The van der Waals surface area contributed by atoms with Crippen LogP contribution in [0.4, 0.5) is 0 Å². The molecule has 5 rings (SSSR count). The third-order valence-corrected chi connectivity index (χ3v) is 9.18. The van der Waals surface area contributed by atoms with Crippen molar-refractivity contribution in [2.45, 2.75) is 90.8 Å². The van der Waals surface area contributed by atoms with E-state index in [1.165, 1.54) is 57.8 Å². The summed E-state index contributed by atoms with van der Waals surface area (Å²) in [6.07, 6.45) is 14.2. The molecule has 5 aliphatic rings. The van der Waals surface area contributed by atoms with Crippen molar-refractivity contribution in [1.29, 1.82) is 0 Å². The van der Waals surface area contributed by atoms with Gasteiger partial charge in [-0.15, -0.1) is 0 Å². The van der Waals surface area contributed by atoms with Crippen LogP contribution < -0.4 is 0 Å². The Labute approximate surface area is 154 Å². The molecule has 4 aliphatic carbocycles. The van der Waals surface area contributed by atoms with Crippen LogP contribution in [0.5, 0.6) is 0 Å². The molecule has 6 atom stereocenters. The van der Waals surface area contributed by atoms with Crippen LogP contribution in [0, 0.1) is 40.4 Å². The molecule has 0 aromatic carbocycles. The molecule has 142 valence electrons. The van der Waals surface area contributed by atoms with Crippen LogP contribution in [0.2, 0.25) is 0 Å². The van der Waals surface area contributed by atoms with Crippen molar-refractivity contribution in [2.24, 2.45) is 40.4 Å². The molecule has 0 radical (unpaired) electrons. The molecular weight excluding hydrogens is 308 g/mol. The van der Waals surface area contributed by atoms with Crippen molar-refractivity contribution in [3.05, 3.63) is 0 Å². The van der Waals surface area contributed by atoms with E-state index in [1.54, 1.807) is 0 Å². The Morgan fingerprint density at radius 2 is 1.48 bits per heavy atom. The molecule has 4 saturated carbocycles. The first kappa shape index (κ1) is 17.0. The van der Waals surface area contributed by atoms with Gasteiger partial charge >= 0.3 is 0 Å². The quantitative estimate of drug-likeness (QED) is 0.552. The van der Waals surface area contributed by atoms with Gasteiger partial charge in [0.1, 0.15) is 0 Å². The molecular formula is C23H38O2. The van der Waals surface area contributed by atoms with Gasteiger partial charge in [-0.1, -0.05) is 27.2 Å². The van der Waals surface area contributed by atoms with Gasteiger partial charge in [-0.05, 0) is 80.0 Å². The summed E-state index contributed by atoms with van der Waals surface area (Å²) in [5.41, 5.74) is 0.890. The van der Waals surface area contributed by atoms with Crippen molar-refractivity contribution in [3.8, 4) is 0 Å². The number of ether oxygens (including phenoxy) is 2. The predicted molar refractivity (Wildman–Crippen MR) is 100 cm³/mol. The van der Waals surface area contributed by atoms with E-state index in [0.29, 0.717) is 5.41 Å². The zero-order valence-corrected chi connectivity index (χ0v) is 16.7. The largest absolute Gasteiger partial charge is 0.349 e. The first-order chi connectivity index (χ1) is 11.9. The fourth-order valence-corrected chi connectivity index (χ4v) is 7.82. The second kappa shape index (κ2) is 5.71. The van der Waals surface area contributed by atoms with Gasteiger partial charge in [-0.3, -0.25) is 0 Å². The zero-order valence-electron chi connectivity index (χ0n) is 16.7. The van der Waals surface area contributed by atoms with Gasteiger partial charge in [0.2, 0.25) is 0 Å². The van der Waals surface area contributed by atoms with Crippen LogP contribution in [-0.2, 0) is 9.47 Å². The zero-order chi connectivity index (χ0) is 17.3. The molecule has 1 aliphatic heterocycles. The minimum absolute atomic E-state index is 0.191. The Morgan fingerprint density at radius 1 is 0.720 bits per heavy atom. The maximum absolute atomic E-state index is 6.37. The molecule has 5 fully saturated rings. The third-order valence-electron chi connectivity index (χ3n) is 9.18. The summed E-state index contributed by atoms with van der Waals surface area (Å²) < 4.78 is 12.7. The normalized spacial score (nSPS) is 50.8. The average molecular weight is 347 g/mol. The topological polar surface area (TPSA) is 18.5 Å². The molecule has 1 heterocycles. The van der Waals surface area contributed by atoms with E-state index in [1.807, 2.05) is 0 Å². The van der Waals surface area contributed by atoms with Crippen molar-refractivity contribution >= 4 is 0 Å². The standard InChI is InChI=1S/C23H38O2/c1-21(2)14-24-23(25-15-21)12-9-17-16(13-23)6-7-19-18(17)8-11-22(3)10-4-5-20(19)22/h16-20H,4-15H2,1-3H3/t16?,17-,18+,19+,20-,22-/m0/s1. The lowest BCUT2D eigenvalue weighted by molar-refractivity contribution is -0.322. The fraction of sp³-hybridized carbons (Fsp3) is 1.00. The molecule has 0 aromatic heterocycles.